The lowest BCUT2D eigenvalue weighted by atomic mass is 10.0. The molecule has 4 nitrogen and oxygen atoms in total. The molecule has 2 heterocycles. The summed E-state index contributed by atoms with van der Waals surface area (Å²) in [4.78, 5) is 14.7. The summed E-state index contributed by atoms with van der Waals surface area (Å²) in [5.41, 5.74) is 4.77. The molecular formula is C19H15BrClN3O. The van der Waals surface area contributed by atoms with Gasteiger partial charge in [0.25, 0.3) is 5.91 Å². The Hall–Kier alpha value is -2.11. The van der Waals surface area contributed by atoms with Crippen molar-refractivity contribution in [2.24, 2.45) is 0 Å². The van der Waals surface area contributed by atoms with Gasteiger partial charge in [0.05, 0.1) is 5.69 Å². The number of aromatic amines is 1. The van der Waals surface area contributed by atoms with Crippen LogP contribution in [0.4, 0.5) is 0 Å². The van der Waals surface area contributed by atoms with Crippen molar-refractivity contribution in [3.05, 3.63) is 74.8 Å². The highest BCUT2D eigenvalue weighted by atomic mass is 79.9. The predicted octanol–water partition coefficient (Wildman–Crippen LogP) is 4.69. The molecule has 0 unspecified atom stereocenters. The van der Waals surface area contributed by atoms with Crippen LogP contribution in [-0.4, -0.2) is 27.5 Å². The van der Waals surface area contributed by atoms with Crippen LogP contribution in [0, 0.1) is 0 Å². The first kappa shape index (κ1) is 16.4. The van der Waals surface area contributed by atoms with Crippen LogP contribution in [0.3, 0.4) is 0 Å². The zero-order valence-electron chi connectivity index (χ0n) is 13.3. The lowest BCUT2D eigenvalue weighted by molar-refractivity contribution is 0.0734. The van der Waals surface area contributed by atoms with Gasteiger partial charge in [-0.3, -0.25) is 9.89 Å². The molecule has 126 valence electrons. The number of hydrogen-bond acceptors (Lipinski definition) is 2. The zero-order valence-corrected chi connectivity index (χ0v) is 15.6. The number of hydrogen-bond donors (Lipinski definition) is 1. The lowest BCUT2D eigenvalue weighted by Gasteiger charge is -2.27. The highest BCUT2D eigenvalue weighted by molar-refractivity contribution is 9.10. The maximum Gasteiger partial charge on any atom is 0.254 e. The van der Waals surface area contributed by atoms with Crippen LogP contribution < -0.4 is 0 Å². The molecule has 0 bridgehead atoms. The van der Waals surface area contributed by atoms with Crippen LogP contribution in [0.5, 0.6) is 0 Å². The third-order valence-corrected chi connectivity index (χ3v) is 5.21. The Kier molecular flexibility index (Phi) is 4.36. The summed E-state index contributed by atoms with van der Waals surface area (Å²) < 4.78 is 0.963. The number of nitrogens with one attached hydrogen (secondary N) is 1. The molecule has 0 saturated carbocycles. The van der Waals surface area contributed by atoms with Crippen LogP contribution in [-0.2, 0) is 13.0 Å². The summed E-state index contributed by atoms with van der Waals surface area (Å²) in [6.45, 7) is 1.24. The molecule has 2 aromatic carbocycles. The third kappa shape index (κ3) is 3.22. The van der Waals surface area contributed by atoms with Crippen LogP contribution >= 0.6 is 27.5 Å². The second-order valence-corrected chi connectivity index (χ2v) is 7.37. The van der Waals surface area contributed by atoms with Crippen LogP contribution in [0.15, 0.2) is 53.0 Å². The Morgan fingerprint density at radius 2 is 1.84 bits per heavy atom. The van der Waals surface area contributed by atoms with E-state index in [2.05, 4.69) is 26.1 Å². The Labute approximate surface area is 158 Å². The summed E-state index contributed by atoms with van der Waals surface area (Å²) in [6, 6.07) is 15.1. The molecule has 0 spiro atoms. The van der Waals surface area contributed by atoms with Crippen LogP contribution in [0.25, 0.3) is 11.3 Å². The molecular weight excluding hydrogens is 402 g/mol. The van der Waals surface area contributed by atoms with Crippen molar-refractivity contribution in [1.29, 1.82) is 0 Å². The fraction of sp³-hybridized carbons (Fsp3) is 0.158. The Bertz CT molecular complexity index is 919. The van der Waals surface area contributed by atoms with E-state index in [0.717, 1.165) is 33.4 Å². The molecule has 4 rings (SSSR count). The van der Waals surface area contributed by atoms with E-state index in [-0.39, 0.29) is 5.91 Å². The number of benzene rings is 2. The third-order valence-electron chi connectivity index (χ3n) is 4.43. The molecule has 0 fully saturated rings. The molecule has 0 atom stereocenters. The Morgan fingerprint density at radius 3 is 2.56 bits per heavy atom. The molecule has 1 aliphatic heterocycles. The maximum atomic E-state index is 12.8. The molecule has 0 aliphatic carbocycles. The molecule has 0 radical (unpaired) electrons. The maximum absolute atomic E-state index is 12.8. The quantitative estimate of drug-likeness (QED) is 0.659. The van der Waals surface area contributed by atoms with Gasteiger partial charge in [0.15, 0.2) is 0 Å². The first-order chi connectivity index (χ1) is 12.1. The molecule has 6 heteroatoms. The number of aromatic nitrogens is 2. The van der Waals surface area contributed by atoms with Gasteiger partial charge in [0, 0.05) is 51.4 Å². The number of rotatable bonds is 2. The number of carbonyl (C=O) groups is 1. The van der Waals surface area contributed by atoms with Crippen molar-refractivity contribution in [1.82, 2.24) is 15.1 Å². The topological polar surface area (TPSA) is 49.0 Å². The highest BCUT2D eigenvalue weighted by Gasteiger charge is 2.26. The summed E-state index contributed by atoms with van der Waals surface area (Å²) >= 11 is 9.38. The molecule has 0 saturated heterocycles. The minimum absolute atomic E-state index is 0.0430. The van der Waals surface area contributed by atoms with Gasteiger partial charge in [-0.15, -0.1) is 0 Å². The van der Waals surface area contributed by atoms with Crippen molar-refractivity contribution in [2.45, 2.75) is 13.0 Å². The average molecular weight is 417 g/mol. The average Bonchev–Trinajstić information content (AvgIpc) is 3.05. The predicted molar refractivity (Wildman–Crippen MR) is 102 cm³/mol. The smallest absolute Gasteiger partial charge is 0.254 e. The minimum atomic E-state index is 0.0430. The number of nitrogens with zero attached hydrogens (tertiary/aromatic N) is 2. The number of H-pyrrole nitrogens is 1. The SMILES string of the molecule is O=C(c1ccc(Br)cc1)N1CCc2[nH]nc(-c3ccc(Cl)cc3)c2C1. The van der Waals surface area contributed by atoms with Crippen molar-refractivity contribution in [3.8, 4) is 11.3 Å². The van der Waals surface area contributed by atoms with E-state index in [1.807, 2.05) is 53.4 Å². The van der Waals surface area contributed by atoms with Gasteiger partial charge in [-0.2, -0.15) is 5.10 Å². The molecule has 1 aliphatic rings. The van der Waals surface area contributed by atoms with E-state index >= 15 is 0 Å². The van der Waals surface area contributed by atoms with Crippen LogP contribution in [0.1, 0.15) is 21.6 Å². The minimum Gasteiger partial charge on any atom is -0.334 e. The first-order valence-electron chi connectivity index (χ1n) is 7.99. The van der Waals surface area contributed by atoms with Crippen LogP contribution in [0.2, 0.25) is 5.02 Å². The lowest BCUT2D eigenvalue weighted by Crippen LogP contribution is -2.35. The van der Waals surface area contributed by atoms with E-state index in [1.165, 1.54) is 0 Å². The van der Waals surface area contributed by atoms with E-state index in [1.54, 1.807) is 0 Å². The molecule has 1 N–H and O–H groups in total. The standard InChI is InChI=1S/C19H15BrClN3O/c20-14-5-1-13(2-6-14)19(25)24-10-9-17-16(11-24)18(23-22-17)12-3-7-15(21)8-4-12/h1-8H,9-11H2,(H,22,23). The van der Waals surface area contributed by atoms with Crippen molar-refractivity contribution in [2.75, 3.05) is 6.54 Å². The van der Waals surface area contributed by atoms with Gasteiger partial charge >= 0.3 is 0 Å². The number of fused-ring (bicyclic) bond motifs is 1. The van der Waals surface area contributed by atoms with Gasteiger partial charge < -0.3 is 4.90 Å². The van der Waals surface area contributed by atoms with E-state index < -0.39 is 0 Å². The normalized spacial score (nSPS) is 13.6. The Balaban J connectivity index is 1.62. The zero-order chi connectivity index (χ0) is 17.4. The number of halogens is 2. The second-order valence-electron chi connectivity index (χ2n) is 6.02. The van der Waals surface area contributed by atoms with E-state index in [9.17, 15) is 4.79 Å². The van der Waals surface area contributed by atoms with Gasteiger partial charge in [0.1, 0.15) is 0 Å². The monoisotopic (exact) mass is 415 g/mol. The van der Waals surface area contributed by atoms with Gasteiger partial charge in [-0.1, -0.05) is 39.7 Å². The van der Waals surface area contributed by atoms with Gasteiger partial charge in [-0.05, 0) is 36.4 Å². The van der Waals surface area contributed by atoms with E-state index in [4.69, 9.17) is 11.6 Å². The van der Waals surface area contributed by atoms with Crippen molar-refractivity contribution >= 4 is 33.4 Å². The Morgan fingerprint density at radius 1 is 1.12 bits per heavy atom. The van der Waals surface area contributed by atoms with Crippen molar-refractivity contribution in [3.63, 3.8) is 0 Å². The summed E-state index contributed by atoms with van der Waals surface area (Å²) in [5.74, 6) is 0.0430. The molecule has 1 aromatic heterocycles. The number of carbonyl (C=O) groups excluding carboxylic acids is 1. The van der Waals surface area contributed by atoms with E-state index in [0.29, 0.717) is 23.7 Å². The highest BCUT2D eigenvalue weighted by Crippen LogP contribution is 2.29. The fourth-order valence-corrected chi connectivity index (χ4v) is 3.48. The summed E-state index contributed by atoms with van der Waals surface area (Å²) in [6.07, 6.45) is 0.776. The largest absolute Gasteiger partial charge is 0.334 e. The molecule has 3 aromatic rings. The summed E-state index contributed by atoms with van der Waals surface area (Å²) in [5, 5.41) is 8.28. The van der Waals surface area contributed by atoms with Gasteiger partial charge in [-0.25, -0.2) is 0 Å². The molecule has 25 heavy (non-hydrogen) atoms. The van der Waals surface area contributed by atoms with Crippen molar-refractivity contribution < 1.29 is 4.79 Å². The number of amides is 1. The first-order valence-corrected chi connectivity index (χ1v) is 9.16. The van der Waals surface area contributed by atoms with Gasteiger partial charge in [0.2, 0.25) is 0 Å². The summed E-state index contributed by atoms with van der Waals surface area (Å²) in [7, 11) is 0. The fourth-order valence-electron chi connectivity index (χ4n) is 3.09. The molecule has 1 amide bonds. The second kappa shape index (κ2) is 6.65.